The SMILES string of the molecule is CCCNCC1CCC(C)(C)CC1Cc1nccn1CC. The molecule has 1 aromatic heterocycles. The van der Waals surface area contributed by atoms with E-state index in [1.807, 2.05) is 6.20 Å². The van der Waals surface area contributed by atoms with Gasteiger partial charge in [0.2, 0.25) is 0 Å². The van der Waals surface area contributed by atoms with E-state index in [4.69, 9.17) is 0 Å². The first-order chi connectivity index (χ1) is 10.1. The summed E-state index contributed by atoms with van der Waals surface area (Å²) in [5.41, 5.74) is 0.496. The van der Waals surface area contributed by atoms with E-state index >= 15 is 0 Å². The maximum atomic E-state index is 4.60. The molecule has 1 aromatic rings. The average molecular weight is 291 g/mol. The first-order valence-corrected chi connectivity index (χ1v) is 8.76. The second-order valence-corrected chi connectivity index (χ2v) is 7.46. The van der Waals surface area contributed by atoms with Crippen LogP contribution < -0.4 is 5.32 Å². The molecule has 0 amide bonds. The molecule has 1 saturated carbocycles. The van der Waals surface area contributed by atoms with E-state index in [2.05, 4.69) is 48.8 Å². The molecule has 2 rings (SSSR count). The standard InChI is InChI=1S/C18H33N3/c1-5-9-19-14-15-7-8-18(3,4)13-16(15)12-17-20-10-11-21(17)6-2/h10-11,15-16,19H,5-9,12-14H2,1-4H3. The third kappa shape index (κ3) is 4.57. The molecule has 1 heterocycles. The molecule has 21 heavy (non-hydrogen) atoms. The minimum Gasteiger partial charge on any atom is -0.335 e. The Balaban J connectivity index is 2.02. The lowest BCUT2D eigenvalue weighted by molar-refractivity contribution is 0.114. The van der Waals surface area contributed by atoms with Crippen molar-refractivity contribution in [1.29, 1.82) is 0 Å². The molecular formula is C18H33N3. The molecule has 0 spiro atoms. The van der Waals surface area contributed by atoms with E-state index < -0.39 is 0 Å². The van der Waals surface area contributed by atoms with Crippen LogP contribution in [0.3, 0.4) is 0 Å². The quantitative estimate of drug-likeness (QED) is 0.772. The molecule has 1 fully saturated rings. The molecule has 1 aliphatic rings. The number of rotatable bonds is 7. The van der Waals surface area contributed by atoms with Gasteiger partial charge < -0.3 is 9.88 Å². The summed E-state index contributed by atoms with van der Waals surface area (Å²) in [7, 11) is 0. The van der Waals surface area contributed by atoms with Gasteiger partial charge in [-0.15, -0.1) is 0 Å². The lowest BCUT2D eigenvalue weighted by atomic mass is 9.66. The summed E-state index contributed by atoms with van der Waals surface area (Å²) < 4.78 is 2.30. The maximum absolute atomic E-state index is 4.60. The number of hydrogen-bond donors (Lipinski definition) is 1. The summed E-state index contributed by atoms with van der Waals surface area (Å²) in [5.74, 6) is 2.86. The van der Waals surface area contributed by atoms with Gasteiger partial charge in [0.15, 0.2) is 0 Å². The van der Waals surface area contributed by atoms with Crippen LogP contribution in [0.25, 0.3) is 0 Å². The fraction of sp³-hybridized carbons (Fsp3) is 0.833. The van der Waals surface area contributed by atoms with Crippen molar-refractivity contribution in [2.45, 2.75) is 66.3 Å². The second kappa shape index (κ2) is 7.44. The van der Waals surface area contributed by atoms with Crippen LogP contribution in [0.5, 0.6) is 0 Å². The molecule has 1 N–H and O–H groups in total. The van der Waals surface area contributed by atoms with Crippen molar-refractivity contribution < 1.29 is 0 Å². The Labute approximate surface area is 130 Å². The number of aromatic nitrogens is 2. The van der Waals surface area contributed by atoms with Gasteiger partial charge in [-0.3, -0.25) is 0 Å². The molecule has 0 aliphatic heterocycles. The zero-order valence-corrected chi connectivity index (χ0v) is 14.4. The van der Waals surface area contributed by atoms with Crippen molar-refractivity contribution in [3.05, 3.63) is 18.2 Å². The van der Waals surface area contributed by atoms with Gasteiger partial charge in [0.25, 0.3) is 0 Å². The van der Waals surface area contributed by atoms with E-state index in [-0.39, 0.29) is 0 Å². The van der Waals surface area contributed by atoms with Crippen LogP contribution in [-0.4, -0.2) is 22.6 Å². The highest BCUT2D eigenvalue weighted by Crippen LogP contribution is 2.42. The molecule has 2 atom stereocenters. The summed E-state index contributed by atoms with van der Waals surface area (Å²) >= 11 is 0. The van der Waals surface area contributed by atoms with Gasteiger partial charge in [0.05, 0.1) is 0 Å². The van der Waals surface area contributed by atoms with Crippen LogP contribution in [-0.2, 0) is 13.0 Å². The Morgan fingerprint density at radius 1 is 1.33 bits per heavy atom. The van der Waals surface area contributed by atoms with Crippen LogP contribution in [0.1, 0.15) is 59.2 Å². The highest BCUT2D eigenvalue weighted by Gasteiger charge is 2.35. The molecule has 3 nitrogen and oxygen atoms in total. The molecular weight excluding hydrogens is 258 g/mol. The summed E-state index contributed by atoms with van der Waals surface area (Å²) in [6.45, 7) is 12.7. The van der Waals surface area contributed by atoms with Crippen LogP contribution >= 0.6 is 0 Å². The molecule has 1 aliphatic carbocycles. The van der Waals surface area contributed by atoms with Crippen LogP contribution in [0.2, 0.25) is 0 Å². The first kappa shape index (κ1) is 16.5. The smallest absolute Gasteiger partial charge is 0.108 e. The van der Waals surface area contributed by atoms with E-state index in [0.717, 1.165) is 31.3 Å². The largest absolute Gasteiger partial charge is 0.335 e. The minimum atomic E-state index is 0.496. The van der Waals surface area contributed by atoms with E-state index in [9.17, 15) is 0 Å². The predicted octanol–water partition coefficient (Wildman–Crippen LogP) is 3.89. The predicted molar refractivity (Wildman–Crippen MR) is 89.4 cm³/mol. The highest BCUT2D eigenvalue weighted by molar-refractivity contribution is 4.97. The van der Waals surface area contributed by atoms with Gasteiger partial charge in [0.1, 0.15) is 5.82 Å². The van der Waals surface area contributed by atoms with Crippen LogP contribution in [0.15, 0.2) is 12.4 Å². The Morgan fingerprint density at radius 2 is 2.14 bits per heavy atom. The van der Waals surface area contributed by atoms with E-state index in [1.165, 1.54) is 38.1 Å². The fourth-order valence-electron chi connectivity index (χ4n) is 3.81. The van der Waals surface area contributed by atoms with Crippen molar-refractivity contribution in [2.75, 3.05) is 13.1 Å². The average Bonchev–Trinajstić information content (AvgIpc) is 2.88. The van der Waals surface area contributed by atoms with Gasteiger partial charge in [-0.2, -0.15) is 0 Å². The number of imidazole rings is 1. The minimum absolute atomic E-state index is 0.496. The Kier molecular flexibility index (Phi) is 5.86. The van der Waals surface area contributed by atoms with E-state index in [1.54, 1.807) is 0 Å². The number of aryl methyl sites for hydroxylation is 1. The molecule has 3 heteroatoms. The molecule has 0 radical (unpaired) electrons. The molecule has 0 aromatic carbocycles. The van der Waals surface area contributed by atoms with Gasteiger partial charge in [-0.1, -0.05) is 20.8 Å². The van der Waals surface area contributed by atoms with Crippen molar-refractivity contribution in [3.8, 4) is 0 Å². The molecule has 2 unspecified atom stereocenters. The summed E-state index contributed by atoms with van der Waals surface area (Å²) in [5, 5.41) is 3.64. The van der Waals surface area contributed by atoms with Crippen molar-refractivity contribution in [3.63, 3.8) is 0 Å². The second-order valence-electron chi connectivity index (χ2n) is 7.46. The zero-order chi connectivity index (χ0) is 15.3. The van der Waals surface area contributed by atoms with Gasteiger partial charge >= 0.3 is 0 Å². The summed E-state index contributed by atoms with van der Waals surface area (Å²) in [4.78, 5) is 4.60. The number of hydrogen-bond acceptors (Lipinski definition) is 2. The van der Waals surface area contributed by atoms with Gasteiger partial charge in [-0.25, -0.2) is 4.98 Å². The third-order valence-electron chi connectivity index (χ3n) is 5.09. The van der Waals surface area contributed by atoms with Crippen LogP contribution in [0, 0.1) is 17.3 Å². The van der Waals surface area contributed by atoms with Crippen molar-refractivity contribution in [1.82, 2.24) is 14.9 Å². The first-order valence-electron chi connectivity index (χ1n) is 8.76. The van der Waals surface area contributed by atoms with Crippen molar-refractivity contribution in [2.24, 2.45) is 17.3 Å². The normalized spacial score (nSPS) is 25.1. The third-order valence-corrected chi connectivity index (χ3v) is 5.09. The lowest BCUT2D eigenvalue weighted by Gasteiger charge is -2.41. The maximum Gasteiger partial charge on any atom is 0.108 e. The fourth-order valence-corrected chi connectivity index (χ4v) is 3.81. The lowest BCUT2D eigenvalue weighted by Crippen LogP contribution is -2.37. The van der Waals surface area contributed by atoms with Crippen molar-refractivity contribution >= 4 is 0 Å². The Bertz CT molecular complexity index is 422. The Hall–Kier alpha value is -0.830. The summed E-state index contributed by atoms with van der Waals surface area (Å²) in [6, 6.07) is 0. The summed E-state index contributed by atoms with van der Waals surface area (Å²) in [6.07, 6.45) is 10.5. The number of nitrogens with zero attached hydrogens (tertiary/aromatic N) is 2. The van der Waals surface area contributed by atoms with Gasteiger partial charge in [0, 0.05) is 25.4 Å². The monoisotopic (exact) mass is 291 g/mol. The molecule has 0 bridgehead atoms. The Morgan fingerprint density at radius 3 is 2.86 bits per heavy atom. The number of nitrogens with one attached hydrogen (secondary N) is 1. The highest BCUT2D eigenvalue weighted by atomic mass is 15.1. The van der Waals surface area contributed by atoms with Crippen LogP contribution in [0.4, 0.5) is 0 Å². The molecule has 120 valence electrons. The van der Waals surface area contributed by atoms with E-state index in [0.29, 0.717) is 5.41 Å². The van der Waals surface area contributed by atoms with Gasteiger partial charge in [-0.05, 0) is 62.9 Å². The zero-order valence-electron chi connectivity index (χ0n) is 14.4. The molecule has 0 saturated heterocycles. The topological polar surface area (TPSA) is 29.9 Å².